The zero-order chi connectivity index (χ0) is 13.0. The minimum atomic E-state index is 0.101. The molecule has 2 rings (SSSR count). The Kier molecular flexibility index (Phi) is 4.23. The fraction of sp³-hybridized carbons (Fsp3) is 0.143. The number of aliphatic hydroxyl groups is 1. The number of hydrogen-bond donors (Lipinski definition) is 3. The van der Waals surface area contributed by atoms with E-state index in [9.17, 15) is 0 Å². The number of anilines is 2. The second-order valence-corrected chi connectivity index (χ2v) is 4.88. The lowest BCUT2D eigenvalue weighted by Gasteiger charge is -2.12. The molecule has 0 aliphatic carbocycles. The average Bonchev–Trinajstić information content (AvgIpc) is 2.38. The zero-order valence-electron chi connectivity index (χ0n) is 9.86. The molecule has 0 amide bonds. The van der Waals surface area contributed by atoms with E-state index < -0.39 is 0 Å². The predicted molar refractivity (Wildman–Crippen MR) is 79.6 cm³/mol. The molecule has 0 fully saturated rings. The monoisotopic (exact) mass is 306 g/mol. The van der Waals surface area contributed by atoms with E-state index in [1.807, 2.05) is 42.5 Å². The van der Waals surface area contributed by atoms with Crippen LogP contribution < -0.4 is 11.1 Å². The third-order valence-corrected chi connectivity index (χ3v) is 3.15. The van der Waals surface area contributed by atoms with Gasteiger partial charge in [0.05, 0.1) is 6.61 Å². The molecule has 0 saturated heterocycles. The van der Waals surface area contributed by atoms with Gasteiger partial charge in [0.1, 0.15) is 0 Å². The van der Waals surface area contributed by atoms with Crippen molar-refractivity contribution in [1.82, 2.24) is 0 Å². The first-order valence-corrected chi connectivity index (χ1v) is 6.50. The van der Waals surface area contributed by atoms with Crippen LogP contribution in [0.4, 0.5) is 11.4 Å². The van der Waals surface area contributed by atoms with E-state index in [0.29, 0.717) is 6.54 Å². The molecular formula is C14H15BrN2O. The van der Waals surface area contributed by atoms with Crippen LogP contribution in [0.1, 0.15) is 0 Å². The Labute approximate surface area is 115 Å². The minimum Gasteiger partial charge on any atom is -0.399 e. The van der Waals surface area contributed by atoms with Gasteiger partial charge in [0, 0.05) is 28.0 Å². The van der Waals surface area contributed by atoms with Crippen molar-refractivity contribution in [3.63, 3.8) is 0 Å². The summed E-state index contributed by atoms with van der Waals surface area (Å²) < 4.78 is 1.04. The topological polar surface area (TPSA) is 58.3 Å². The molecule has 0 heterocycles. The van der Waals surface area contributed by atoms with Crippen molar-refractivity contribution in [2.45, 2.75) is 0 Å². The summed E-state index contributed by atoms with van der Waals surface area (Å²) in [5, 5.41) is 12.1. The van der Waals surface area contributed by atoms with Gasteiger partial charge in [-0.15, -0.1) is 0 Å². The quantitative estimate of drug-likeness (QED) is 0.761. The lowest BCUT2D eigenvalue weighted by atomic mass is 10.0. The highest BCUT2D eigenvalue weighted by atomic mass is 79.9. The summed E-state index contributed by atoms with van der Waals surface area (Å²) in [6, 6.07) is 13.8. The van der Waals surface area contributed by atoms with Gasteiger partial charge >= 0.3 is 0 Å². The number of nitrogen functional groups attached to an aromatic ring is 1. The molecule has 0 aliphatic rings. The molecule has 0 spiro atoms. The molecule has 0 saturated carbocycles. The third kappa shape index (κ3) is 3.03. The van der Waals surface area contributed by atoms with Crippen LogP contribution in [0.25, 0.3) is 11.1 Å². The van der Waals surface area contributed by atoms with Gasteiger partial charge in [0.2, 0.25) is 0 Å². The maximum absolute atomic E-state index is 8.89. The van der Waals surface area contributed by atoms with Crippen LogP contribution in [0, 0.1) is 0 Å². The Morgan fingerprint density at radius 3 is 2.50 bits per heavy atom. The van der Waals surface area contributed by atoms with E-state index in [2.05, 4.69) is 21.2 Å². The summed E-state index contributed by atoms with van der Waals surface area (Å²) in [4.78, 5) is 0. The van der Waals surface area contributed by atoms with E-state index in [1.165, 1.54) is 0 Å². The highest BCUT2D eigenvalue weighted by Gasteiger charge is 2.05. The van der Waals surface area contributed by atoms with Crippen molar-refractivity contribution < 1.29 is 5.11 Å². The van der Waals surface area contributed by atoms with Crippen LogP contribution >= 0.6 is 15.9 Å². The summed E-state index contributed by atoms with van der Waals surface area (Å²) in [6.45, 7) is 0.623. The smallest absolute Gasteiger partial charge is 0.0604 e. The molecule has 0 atom stereocenters. The van der Waals surface area contributed by atoms with Crippen LogP contribution in [0.3, 0.4) is 0 Å². The largest absolute Gasteiger partial charge is 0.399 e. The van der Waals surface area contributed by atoms with Crippen LogP contribution in [-0.2, 0) is 0 Å². The number of benzene rings is 2. The summed E-state index contributed by atoms with van der Waals surface area (Å²) in [5.41, 5.74) is 9.66. The molecule has 0 unspecified atom stereocenters. The number of hydrogen-bond acceptors (Lipinski definition) is 3. The first-order chi connectivity index (χ1) is 8.70. The maximum atomic E-state index is 8.89. The zero-order valence-corrected chi connectivity index (χ0v) is 11.4. The highest BCUT2D eigenvalue weighted by Crippen LogP contribution is 2.30. The van der Waals surface area contributed by atoms with Crippen LogP contribution in [0.2, 0.25) is 0 Å². The second-order valence-electron chi connectivity index (χ2n) is 3.96. The van der Waals surface area contributed by atoms with Crippen molar-refractivity contribution in [3.8, 4) is 11.1 Å². The van der Waals surface area contributed by atoms with E-state index >= 15 is 0 Å². The van der Waals surface area contributed by atoms with Crippen molar-refractivity contribution >= 4 is 27.3 Å². The Balaban J connectivity index is 2.40. The number of rotatable bonds is 4. The van der Waals surface area contributed by atoms with Gasteiger partial charge in [-0.3, -0.25) is 0 Å². The van der Waals surface area contributed by atoms with E-state index in [0.717, 1.165) is 27.0 Å². The molecule has 18 heavy (non-hydrogen) atoms. The standard InChI is InChI=1S/C14H15BrN2O/c15-11-3-1-10(2-4-11)13-9-12(16)5-6-14(13)17-7-8-18/h1-6,9,17-18H,7-8,16H2. The maximum Gasteiger partial charge on any atom is 0.0604 e. The van der Waals surface area contributed by atoms with Crippen molar-refractivity contribution in [2.75, 3.05) is 24.2 Å². The second kappa shape index (κ2) is 5.89. The van der Waals surface area contributed by atoms with Gasteiger partial charge in [-0.1, -0.05) is 28.1 Å². The first-order valence-electron chi connectivity index (χ1n) is 5.71. The van der Waals surface area contributed by atoms with Gasteiger partial charge < -0.3 is 16.2 Å². The van der Waals surface area contributed by atoms with Crippen molar-refractivity contribution in [3.05, 3.63) is 46.9 Å². The lowest BCUT2D eigenvalue weighted by molar-refractivity contribution is 0.311. The molecule has 94 valence electrons. The summed E-state index contributed by atoms with van der Waals surface area (Å²) in [7, 11) is 0. The SMILES string of the molecule is Nc1ccc(NCCO)c(-c2ccc(Br)cc2)c1. The Morgan fingerprint density at radius 1 is 1.11 bits per heavy atom. The fourth-order valence-electron chi connectivity index (χ4n) is 1.77. The molecule has 0 aromatic heterocycles. The molecule has 0 aliphatic heterocycles. The molecule has 4 N–H and O–H groups in total. The van der Waals surface area contributed by atoms with Gasteiger partial charge in [0.15, 0.2) is 0 Å². The van der Waals surface area contributed by atoms with E-state index in [-0.39, 0.29) is 6.61 Å². The number of nitrogens with two attached hydrogens (primary N) is 1. The van der Waals surface area contributed by atoms with E-state index in [1.54, 1.807) is 0 Å². The predicted octanol–water partition coefficient (Wildman–Crippen LogP) is 3.10. The molecule has 4 heteroatoms. The van der Waals surface area contributed by atoms with Crippen LogP contribution in [-0.4, -0.2) is 18.3 Å². The average molecular weight is 307 g/mol. The Hall–Kier alpha value is -1.52. The normalized spacial score (nSPS) is 10.3. The Bertz CT molecular complexity index is 526. The van der Waals surface area contributed by atoms with Crippen molar-refractivity contribution in [1.29, 1.82) is 0 Å². The third-order valence-electron chi connectivity index (χ3n) is 2.63. The van der Waals surface area contributed by atoms with Gasteiger partial charge in [-0.2, -0.15) is 0 Å². The summed E-state index contributed by atoms with van der Waals surface area (Å²) in [5.74, 6) is 0. The van der Waals surface area contributed by atoms with E-state index in [4.69, 9.17) is 10.8 Å². The number of nitrogens with one attached hydrogen (secondary N) is 1. The molecule has 2 aromatic rings. The molecule has 0 radical (unpaired) electrons. The lowest BCUT2D eigenvalue weighted by Crippen LogP contribution is -2.06. The molecule has 2 aromatic carbocycles. The minimum absolute atomic E-state index is 0.101. The van der Waals surface area contributed by atoms with Crippen LogP contribution in [0.5, 0.6) is 0 Å². The van der Waals surface area contributed by atoms with Gasteiger partial charge in [-0.05, 0) is 35.9 Å². The van der Waals surface area contributed by atoms with Crippen molar-refractivity contribution in [2.24, 2.45) is 0 Å². The summed E-state index contributed by atoms with van der Waals surface area (Å²) in [6.07, 6.45) is 0. The molecular weight excluding hydrogens is 292 g/mol. The summed E-state index contributed by atoms with van der Waals surface area (Å²) >= 11 is 3.42. The van der Waals surface area contributed by atoms with Gasteiger partial charge in [-0.25, -0.2) is 0 Å². The Morgan fingerprint density at radius 2 is 1.83 bits per heavy atom. The molecule has 3 nitrogen and oxygen atoms in total. The fourth-order valence-corrected chi connectivity index (χ4v) is 2.04. The van der Waals surface area contributed by atoms with Gasteiger partial charge in [0.25, 0.3) is 0 Å². The first kappa shape index (κ1) is 12.9. The van der Waals surface area contributed by atoms with Crippen LogP contribution in [0.15, 0.2) is 46.9 Å². The number of halogens is 1. The highest BCUT2D eigenvalue weighted by molar-refractivity contribution is 9.10. The molecule has 0 bridgehead atoms. The number of aliphatic hydroxyl groups excluding tert-OH is 1.